The van der Waals surface area contributed by atoms with Crippen molar-refractivity contribution in [3.05, 3.63) is 99.5 Å². The fraction of sp³-hybridized carbons (Fsp3) is 0.300. The normalized spacial score (nSPS) is 16.4. The number of hydrogen-bond donors (Lipinski definition) is 2. The number of urea groups is 1. The zero-order valence-corrected chi connectivity index (χ0v) is 24.4. The van der Waals surface area contributed by atoms with Crippen LogP contribution in [0.25, 0.3) is 0 Å². The number of likely N-dealkylation sites (N-methyl/N-ethyl adjacent to an activating group) is 1. The molecule has 1 unspecified atom stereocenters. The van der Waals surface area contributed by atoms with Gasteiger partial charge in [0.05, 0.1) is 13.1 Å². The van der Waals surface area contributed by atoms with Gasteiger partial charge < -0.3 is 20.2 Å². The van der Waals surface area contributed by atoms with Crippen molar-refractivity contribution in [2.75, 3.05) is 20.1 Å². The number of carbonyl (C=O) groups is 3. The van der Waals surface area contributed by atoms with Crippen molar-refractivity contribution < 1.29 is 19.5 Å². The van der Waals surface area contributed by atoms with E-state index in [0.717, 1.165) is 11.1 Å². The molecule has 0 bridgehead atoms. The summed E-state index contributed by atoms with van der Waals surface area (Å²) in [6, 6.07) is 20.6. The molecule has 0 aromatic heterocycles. The summed E-state index contributed by atoms with van der Waals surface area (Å²) >= 11 is 12.4. The number of benzene rings is 3. The number of rotatable bonds is 10. The van der Waals surface area contributed by atoms with E-state index in [9.17, 15) is 19.5 Å². The standard InChI is InChI=1S/C30H33Cl2N5O4/c1-21(14-22-8-12-26(39)13-9-22)36-28(18-35(20-38)17-24-10-11-25(31)15-27(24)32)37(34(2)19-29(36)40)30(41)33-16-23-6-4-3-5-7-23/h3-13,15,20-21,28,39H,14,16-19H2,1-2H3,(H,33,41)/t21-,28?/m1/s1. The van der Waals surface area contributed by atoms with Crippen LogP contribution in [0.15, 0.2) is 72.8 Å². The van der Waals surface area contributed by atoms with Crippen LogP contribution in [0.5, 0.6) is 5.75 Å². The number of hydrazine groups is 1. The molecule has 9 nitrogen and oxygen atoms in total. The van der Waals surface area contributed by atoms with Crippen LogP contribution < -0.4 is 5.32 Å². The van der Waals surface area contributed by atoms with Crippen LogP contribution in [0.1, 0.15) is 23.6 Å². The first-order chi connectivity index (χ1) is 19.7. The third-order valence-electron chi connectivity index (χ3n) is 7.00. The van der Waals surface area contributed by atoms with Crippen LogP contribution in [0, 0.1) is 0 Å². The Bertz CT molecular complexity index is 1360. The van der Waals surface area contributed by atoms with Crippen LogP contribution in [0.3, 0.4) is 0 Å². The SMILES string of the molecule is C[C@H](Cc1ccc(O)cc1)N1C(=O)CN(C)N(C(=O)NCc2ccccc2)C1CN(C=O)Cc1ccc(Cl)cc1Cl. The van der Waals surface area contributed by atoms with Gasteiger partial charge in [-0.1, -0.05) is 71.7 Å². The third kappa shape index (κ3) is 7.70. The summed E-state index contributed by atoms with van der Waals surface area (Å²) < 4.78 is 0. The highest BCUT2D eigenvalue weighted by atomic mass is 35.5. The van der Waals surface area contributed by atoms with E-state index < -0.39 is 12.2 Å². The Labute approximate surface area is 249 Å². The van der Waals surface area contributed by atoms with E-state index in [2.05, 4.69) is 5.32 Å². The Morgan fingerprint density at radius 2 is 1.80 bits per heavy atom. The number of phenolic OH excluding ortho intramolecular Hbond substituents is 1. The molecule has 41 heavy (non-hydrogen) atoms. The van der Waals surface area contributed by atoms with Gasteiger partial charge >= 0.3 is 6.03 Å². The Morgan fingerprint density at radius 3 is 2.46 bits per heavy atom. The van der Waals surface area contributed by atoms with Gasteiger partial charge in [-0.2, -0.15) is 0 Å². The lowest BCUT2D eigenvalue weighted by Crippen LogP contribution is -2.71. The molecule has 1 heterocycles. The summed E-state index contributed by atoms with van der Waals surface area (Å²) in [6.07, 6.45) is 0.364. The van der Waals surface area contributed by atoms with E-state index >= 15 is 0 Å². The van der Waals surface area contributed by atoms with E-state index in [4.69, 9.17) is 23.2 Å². The second kappa shape index (κ2) is 13.7. The third-order valence-corrected chi connectivity index (χ3v) is 7.58. The minimum absolute atomic E-state index is 0.0146. The van der Waals surface area contributed by atoms with Gasteiger partial charge in [-0.15, -0.1) is 0 Å². The van der Waals surface area contributed by atoms with E-state index in [1.165, 1.54) is 9.91 Å². The van der Waals surface area contributed by atoms with Crippen molar-refractivity contribution in [3.8, 4) is 5.75 Å². The van der Waals surface area contributed by atoms with Gasteiger partial charge in [0, 0.05) is 36.2 Å². The van der Waals surface area contributed by atoms with Crippen molar-refractivity contribution >= 4 is 41.6 Å². The second-order valence-electron chi connectivity index (χ2n) is 10.1. The van der Waals surface area contributed by atoms with Crippen LogP contribution in [-0.2, 0) is 29.1 Å². The highest BCUT2D eigenvalue weighted by Crippen LogP contribution is 2.25. The molecule has 3 aromatic rings. The maximum atomic E-state index is 13.6. The summed E-state index contributed by atoms with van der Waals surface area (Å²) in [5.41, 5.74) is 2.53. The highest BCUT2D eigenvalue weighted by Gasteiger charge is 2.43. The summed E-state index contributed by atoms with van der Waals surface area (Å²) in [4.78, 5) is 42.6. The predicted octanol–water partition coefficient (Wildman–Crippen LogP) is 4.52. The smallest absolute Gasteiger partial charge is 0.334 e. The number of amides is 4. The molecule has 4 amide bonds. The molecule has 1 aliphatic rings. The average Bonchev–Trinajstić information content (AvgIpc) is 2.94. The number of nitrogens with zero attached hydrogens (tertiary/aromatic N) is 4. The molecule has 1 fully saturated rings. The van der Waals surface area contributed by atoms with Crippen molar-refractivity contribution in [1.29, 1.82) is 0 Å². The zero-order chi connectivity index (χ0) is 29.5. The first-order valence-electron chi connectivity index (χ1n) is 13.2. The van der Waals surface area contributed by atoms with Crippen molar-refractivity contribution in [1.82, 2.24) is 25.1 Å². The monoisotopic (exact) mass is 597 g/mol. The molecule has 2 atom stereocenters. The number of hydrogen-bond acceptors (Lipinski definition) is 5. The van der Waals surface area contributed by atoms with Crippen molar-refractivity contribution in [3.63, 3.8) is 0 Å². The van der Waals surface area contributed by atoms with Crippen molar-refractivity contribution in [2.24, 2.45) is 0 Å². The molecule has 2 N–H and O–H groups in total. The van der Waals surface area contributed by atoms with Crippen molar-refractivity contribution in [2.45, 2.75) is 38.6 Å². The largest absolute Gasteiger partial charge is 0.508 e. The molecular weight excluding hydrogens is 565 g/mol. The van der Waals surface area contributed by atoms with Crippen LogP contribution in [0.4, 0.5) is 4.79 Å². The Hall–Kier alpha value is -3.79. The lowest BCUT2D eigenvalue weighted by atomic mass is 10.0. The molecule has 1 aliphatic heterocycles. The average molecular weight is 599 g/mol. The minimum atomic E-state index is -0.805. The lowest BCUT2D eigenvalue weighted by Gasteiger charge is -2.50. The molecule has 11 heteroatoms. The van der Waals surface area contributed by atoms with Gasteiger partial charge in [0.15, 0.2) is 0 Å². The molecular formula is C30H33Cl2N5O4. The molecule has 0 radical (unpaired) electrons. The Kier molecular flexibility index (Phi) is 10.1. The molecule has 0 aliphatic carbocycles. The van der Waals surface area contributed by atoms with Crippen LogP contribution in [0.2, 0.25) is 10.0 Å². The zero-order valence-electron chi connectivity index (χ0n) is 22.9. The van der Waals surface area contributed by atoms with Gasteiger partial charge in [0.2, 0.25) is 12.3 Å². The van der Waals surface area contributed by atoms with E-state index in [1.54, 1.807) is 59.4 Å². The highest BCUT2D eigenvalue weighted by molar-refractivity contribution is 6.35. The molecule has 4 rings (SSSR count). The maximum Gasteiger partial charge on any atom is 0.334 e. The number of nitrogens with one attached hydrogen (secondary N) is 1. The summed E-state index contributed by atoms with van der Waals surface area (Å²) in [5, 5.41) is 16.6. The van der Waals surface area contributed by atoms with Gasteiger partial charge in [-0.05, 0) is 54.3 Å². The number of carbonyl (C=O) groups excluding carboxylic acids is 3. The fourth-order valence-electron chi connectivity index (χ4n) is 5.01. The molecule has 3 aromatic carbocycles. The maximum absolute atomic E-state index is 13.6. The van der Waals surface area contributed by atoms with E-state index in [-0.39, 0.29) is 37.3 Å². The van der Waals surface area contributed by atoms with Crippen LogP contribution in [-0.4, -0.2) is 75.6 Å². The van der Waals surface area contributed by atoms with Gasteiger partial charge in [-0.25, -0.2) is 14.8 Å². The molecule has 1 saturated heterocycles. The lowest BCUT2D eigenvalue weighted by molar-refractivity contribution is -0.170. The molecule has 0 spiro atoms. The number of aromatic hydroxyl groups is 1. The van der Waals surface area contributed by atoms with E-state index in [0.29, 0.717) is 35.0 Å². The predicted molar refractivity (Wildman–Crippen MR) is 158 cm³/mol. The minimum Gasteiger partial charge on any atom is -0.508 e. The summed E-state index contributed by atoms with van der Waals surface area (Å²) in [5.74, 6) is -0.0232. The van der Waals surface area contributed by atoms with Gasteiger partial charge in [0.25, 0.3) is 0 Å². The number of halogens is 2. The topological polar surface area (TPSA) is 96.4 Å². The molecule has 216 valence electrons. The summed E-state index contributed by atoms with van der Waals surface area (Å²) in [7, 11) is 1.68. The van der Waals surface area contributed by atoms with Crippen LogP contribution >= 0.6 is 23.2 Å². The Morgan fingerprint density at radius 1 is 1.10 bits per heavy atom. The first kappa shape index (κ1) is 30.2. The quantitative estimate of drug-likeness (QED) is 0.335. The number of phenols is 1. The first-order valence-corrected chi connectivity index (χ1v) is 14.0. The summed E-state index contributed by atoms with van der Waals surface area (Å²) in [6.45, 7) is 2.39. The van der Waals surface area contributed by atoms with Gasteiger partial charge in [-0.3, -0.25) is 9.59 Å². The Balaban J connectivity index is 1.63. The van der Waals surface area contributed by atoms with Gasteiger partial charge in [0.1, 0.15) is 11.9 Å². The van der Waals surface area contributed by atoms with E-state index in [1.807, 2.05) is 37.3 Å². The molecule has 0 saturated carbocycles. The fourth-order valence-corrected chi connectivity index (χ4v) is 5.48. The second-order valence-corrected chi connectivity index (χ2v) is 10.9.